The first-order valence-corrected chi connectivity index (χ1v) is 10.7. The Labute approximate surface area is 175 Å². The maximum Gasteiger partial charge on any atom is 0.129 e. The molecule has 2 aromatic carbocycles. The lowest BCUT2D eigenvalue weighted by molar-refractivity contribution is 0.0322. The number of hydrogen-bond acceptors (Lipinski definition) is 6. The third-order valence-electron chi connectivity index (χ3n) is 5.04. The van der Waals surface area contributed by atoms with Gasteiger partial charge in [0.15, 0.2) is 0 Å². The van der Waals surface area contributed by atoms with Crippen LogP contribution in [0.1, 0.15) is 4.88 Å². The van der Waals surface area contributed by atoms with E-state index in [0.717, 1.165) is 66.2 Å². The molecule has 0 N–H and O–H groups in total. The van der Waals surface area contributed by atoms with Gasteiger partial charge in [0.1, 0.15) is 23.1 Å². The molecule has 4 rings (SSSR count). The number of thiazole rings is 1. The van der Waals surface area contributed by atoms with Gasteiger partial charge in [0.2, 0.25) is 0 Å². The Balaban J connectivity index is 1.43. The van der Waals surface area contributed by atoms with Gasteiger partial charge >= 0.3 is 0 Å². The number of nitrogens with zero attached hydrogens (tertiary/aromatic N) is 2. The van der Waals surface area contributed by atoms with Crippen molar-refractivity contribution in [1.29, 1.82) is 0 Å². The Morgan fingerprint density at radius 2 is 1.83 bits per heavy atom. The van der Waals surface area contributed by atoms with E-state index in [2.05, 4.69) is 24.0 Å². The van der Waals surface area contributed by atoms with Crippen LogP contribution in [0.4, 0.5) is 0 Å². The average Bonchev–Trinajstić information content (AvgIpc) is 3.16. The zero-order valence-corrected chi connectivity index (χ0v) is 17.7. The summed E-state index contributed by atoms with van der Waals surface area (Å²) in [7, 11) is 1.69. The lowest BCUT2D eigenvalue weighted by Gasteiger charge is -2.26. The second kappa shape index (κ2) is 9.39. The normalized spacial score (nSPS) is 14.7. The number of para-hydroxylation sites is 1. The molecule has 1 saturated heterocycles. The SMILES string of the molecule is COc1ccccc1-c1nc(-c2ccc(OCCN3CCOCC3)cc2)c(C)s1. The van der Waals surface area contributed by atoms with Crippen molar-refractivity contribution < 1.29 is 14.2 Å². The molecule has 1 aliphatic heterocycles. The third-order valence-corrected chi connectivity index (χ3v) is 6.05. The van der Waals surface area contributed by atoms with Crippen LogP contribution in [0.5, 0.6) is 11.5 Å². The summed E-state index contributed by atoms with van der Waals surface area (Å²) < 4.78 is 16.8. The van der Waals surface area contributed by atoms with Crippen LogP contribution in [0, 0.1) is 6.92 Å². The van der Waals surface area contributed by atoms with Gasteiger partial charge in [0, 0.05) is 30.1 Å². The summed E-state index contributed by atoms with van der Waals surface area (Å²) in [5, 5.41) is 0.973. The van der Waals surface area contributed by atoms with Gasteiger partial charge in [-0.05, 0) is 43.3 Å². The second-order valence-electron chi connectivity index (χ2n) is 6.95. The molecule has 1 fully saturated rings. The van der Waals surface area contributed by atoms with E-state index in [0.29, 0.717) is 6.61 Å². The smallest absolute Gasteiger partial charge is 0.129 e. The third kappa shape index (κ3) is 4.78. The summed E-state index contributed by atoms with van der Waals surface area (Å²) >= 11 is 1.69. The fraction of sp³-hybridized carbons (Fsp3) is 0.348. The minimum Gasteiger partial charge on any atom is -0.496 e. The molecule has 2 heterocycles. The molecule has 0 atom stereocenters. The summed E-state index contributed by atoms with van der Waals surface area (Å²) in [6.07, 6.45) is 0. The van der Waals surface area contributed by atoms with Crippen molar-refractivity contribution >= 4 is 11.3 Å². The molecule has 0 saturated carbocycles. The van der Waals surface area contributed by atoms with Crippen molar-refractivity contribution in [1.82, 2.24) is 9.88 Å². The first-order valence-electron chi connectivity index (χ1n) is 9.89. The van der Waals surface area contributed by atoms with Crippen molar-refractivity contribution in [3.63, 3.8) is 0 Å². The van der Waals surface area contributed by atoms with E-state index in [4.69, 9.17) is 19.2 Å². The molecule has 5 nitrogen and oxygen atoms in total. The van der Waals surface area contributed by atoms with Crippen LogP contribution in [-0.2, 0) is 4.74 Å². The van der Waals surface area contributed by atoms with Gasteiger partial charge in [-0.25, -0.2) is 4.98 Å². The van der Waals surface area contributed by atoms with Crippen molar-refractivity contribution in [2.24, 2.45) is 0 Å². The van der Waals surface area contributed by atoms with Gasteiger partial charge in [-0.15, -0.1) is 11.3 Å². The average molecular weight is 411 g/mol. The van der Waals surface area contributed by atoms with E-state index in [-0.39, 0.29) is 0 Å². The van der Waals surface area contributed by atoms with Gasteiger partial charge in [-0.3, -0.25) is 4.90 Å². The summed E-state index contributed by atoms with van der Waals surface area (Å²) in [6.45, 7) is 7.33. The first-order chi connectivity index (χ1) is 14.2. The van der Waals surface area contributed by atoms with Gasteiger partial charge in [0.05, 0.1) is 31.6 Å². The quantitative estimate of drug-likeness (QED) is 0.574. The minimum atomic E-state index is 0.688. The van der Waals surface area contributed by atoms with Gasteiger partial charge in [-0.1, -0.05) is 12.1 Å². The number of aromatic nitrogens is 1. The van der Waals surface area contributed by atoms with Crippen LogP contribution in [-0.4, -0.2) is 56.4 Å². The van der Waals surface area contributed by atoms with Crippen LogP contribution in [0.25, 0.3) is 21.8 Å². The molecule has 0 amide bonds. The number of rotatable bonds is 7. The molecule has 1 aromatic heterocycles. The molecule has 0 spiro atoms. The fourth-order valence-corrected chi connectivity index (χ4v) is 4.39. The monoisotopic (exact) mass is 410 g/mol. The van der Waals surface area contributed by atoms with Crippen LogP contribution in [0.15, 0.2) is 48.5 Å². The maximum atomic E-state index is 5.92. The lowest BCUT2D eigenvalue weighted by Crippen LogP contribution is -2.38. The standard InChI is InChI=1S/C23H26N2O3S/c1-17-22(24-23(29-17)20-5-3-4-6-21(20)26-2)18-7-9-19(10-8-18)28-16-13-25-11-14-27-15-12-25/h3-10H,11-16H2,1-2H3. The number of methoxy groups -OCH3 is 1. The zero-order valence-electron chi connectivity index (χ0n) is 16.9. The van der Waals surface area contributed by atoms with Gasteiger partial charge in [0.25, 0.3) is 0 Å². The highest BCUT2D eigenvalue weighted by molar-refractivity contribution is 7.15. The number of hydrogen-bond donors (Lipinski definition) is 0. The molecule has 0 bridgehead atoms. The second-order valence-corrected chi connectivity index (χ2v) is 8.15. The Kier molecular flexibility index (Phi) is 6.44. The van der Waals surface area contributed by atoms with Crippen molar-refractivity contribution in [3.8, 4) is 33.3 Å². The first kappa shape index (κ1) is 19.9. The predicted octanol–water partition coefficient (Wildman–Crippen LogP) is 4.51. The molecule has 29 heavy (non-hydrogen) atoms. The molecule has 6 heteroatoms. The molecular weight excluding hydrogens is 384 g/mol. The van der Waals surface area contributed by atoms with Crippen LogP contribution < -0.4 is 9.47 Å². The number of benzene rings is 2. The Hall–Kier alpha value is -2.41. The molecule has 0 radical (unpaired) electrons. The largest absolute Gasteiger partial charge is 0.496 e. The highest BCUT2D eigenvalue weighted by atomic mass is 32.1. The molecule has 0 aliphatic carbocycles. The van der Waals surface area contributed by atoms with Crippen LogP contribution in [0.2, 0.25) is 0 Å². The van der Waals surface area contributed by atoms with E-state index in [1.807, 2.05) is 36.4 Å². The topological polar surface area (TPSA) is 43.8 Å². The highest BCUT2D eigenvalue weighted by Crippen LogP contribution is 2.37. The molecule has 3 aromatic rings. The lowest BCUT2D eigenvalue weighted by atomic mass is 10.1. The molecular formula is C23H26N2O3S. The Morgan fingerprint density at radius 1 is 1.07 bits per heavy atom. The van der Waals surface area contributed by atoms with E-state index in [9.17, 15) is 0 Å². The Bertz CT molecular complexity index is 934. The van der Waals surface area contributed by atoms with E-state index in [1.165, 1.54) is 4.88 Å². The van der Waals surface area contributed by atoms with E-state index in [1.54, 1.807) is 18.4 Å². The highest BCUT2D eigenvalue weighted by Gasteiger charge is 2.14. The summed E-state index contributed by atoms with van der Waals surface area (Å²) in [5.41, 5.74) is 3.13. The van der Waals surface area contributed by atoms with Crippen molar-refractivity contribution in [2.75, 3.05) is 46.6 Å². The summed E-state index contributed by atoms with van der Waals surface area (Å²) in [6, 6.07) is 16.2. The van der Waals surface area contributed by atoms with Crippen LogP contribution >= 0.6 is 11.3 Å². The number of aryl methyl sites for hydroxylation is 1. The van der Waals surface area contributed by atoms with Gasteiger partial charge in [-0.2, -0.15) is 0 Å². The van der Waals surface area contributed by atoms with E-state index >= 15 is 0 Å². The van der Waals surface area contributed by atoms with Crippen LogP contribution in [0.3, 0.4) is 0 Å². The fourth-order valence-electron chi connectivity index (χ4n) is 3.43. The van der Waals surface area contributed by atoms with Crippen molar-refractivity contribution in [2.45, 2.75) is 6.92 Å². The predicted molar refractivity (Wildman–Crippen MR) is 117 cm³/mol. The summed E-state index contributed by atoms with van der Waals surface area (Å²) in [4.78, 5) is 8.45. The molecule has 152 valence electrons. The Morgan fingerprint density at radius 3 is 2.59 bits per heavy atom. The minimum absolute atomic E-state index is 0.688. The molecule has 1 aliphatic rings. The zero-order chi connectivity index (χ0) is 20.1. The number of ether oxygens (including phenoxy) is 3. The van der Waals surface area contributed by atoms with E-state index < -0.39 is 0 Å². The number of morpholine rings is 1. The summed E-state index contributed by atoms with van der Waals surface area (Å²) in [5.74, 6) is 1.73. The van der Waals surface area contributed by atoms with Crippen molar-refractivity contribution in [3.05, 3.63) is 53.4 Å². The molecule has 0 unspecified atom stereocenters. The van der Waals surface area contributed by atoms with Gasteiger partial charge < -0.3 is 14.2 Å². The maximum absolute atomic E-state index is 5.92.